The molecule has 1 N–H and O–H groups in total. The molecule has 0 aliphatic heterocycles. The Kier molecular flexibility index (Phi) is 5.08. The molecule has 5 heteroatoms. The van der Waals surface area contributed by atoms with Gasteiger partial charge in [-0.1, -0.05) is 23.7 Å². The number of thiophene rings is 1. The van der Waals surface area contributed by atoms with Gasteiger partial charge in [-0.05, 0) is 70.4 Å². The average molecular weight is 358 g/mol. The maximum absolute atomic E-state index is 13.1. The predicted octanol–water partition coefficient (Wildman–Crippen LogP) is 5.72. The number of carbonyl (C=O) groups excluding carboxylic acids is 1. The third kappa shape index (κ3) is 4.10. The van der Waals surface area contributed by atoms with Crippen molar-refractivity contribution in [1.82, 2.24) is 0 Å². The Balaban J connectivity index is 1.91. The van der Waals surface area contributed by atoms with E-state index in [0.717, 1.165) is 11.1 Å². The highest BCUT2D eigenvalue weighted by molar-refractivity contribution is 7.08. The van der Waals surface area contributed by atoms with Crippen molar-refractivity contribution in [3.05, 3.63) is 87.3 Å². The van der Waals surface area contributed by atoms with E-state index in [2.05, 4.69) is 5.32 Å². The number of anilines is 1. The summed E-state index contributed by atoms with van der Waals surface area (Å²) in [4.78, 5) is 12.7. The second kappa shape index (κ2) is 7.43. The Morgan fingerprint density at radius 2 is 1.75 bits per heavy atom. The summed E-state index contributed by atoms with van der Waals surface area (Å²) in [7, 11) is 0. The average Bonchev–Trinajstić information content (AvgIpc) is 3.10. The molecule has 2 aromatic carbocycles. The SMILES string of the molecule is O=C(Nc1ccc(Cl)cc1)C(=Cc1ccc(F)cc1)c1ccsc1. The number of halogens is 2. The van der Waals surface area contributed by atoms with E-state index in [4.69, 9.17) is 11.6 Å². The van der Waals surface area contributed by atoms with Gasteiger partial charge in [0.15, 0.2) is 0 Å². The van der Waals surface area contributed by atoms with E-state index in [-0.39, 0.29) is 11.7 Å². The van der Waals surface area contributed by atoms with Crippen LogP contribution in [0.1, 0.15) is 11.1 Å². The highest BCUT2D eigenvalue weighted by atomic mass is 35.5. The maximum Gasteiger partial charge on any atom is 0.256 e. The standard InChI is InChI=1S/C19H13ClFNOS/c20-15-3-7-17(8-4-15)22-19(23)18(14-9-10-24-12-14)11-13-1-5-16(21)6-2-13/h1-12H,(H,22,23). The third-order valence-corrected chi connectivity index (χ3v) is 4.30. The molecule has 0 saturated carbocycles. The lowest BCUT2D eigenvalue weighted by Crippen LogP contribution is -2.13. The van der Waals surface area contributed by atoms with Crippen LogP contribution in [0.2, 0.25) is 5.02 Å². The van der Waals surface area contributed by atoms with Crippen LogP contribution in [0.5, 0.6) is 0 Å². The number of hydrogen-bond donors (Lipinski definition) is 1. The molecule has 0 radical (unpaired) electrons. The first-order valence-corrected chi connectivity index (χ1v) is 8.51. The molecule has 0 aliphatic carbocycles. The van der Waals surface area contributed by atoms with Crippen LogP contribution in [-0.4, -0.2) is 5.91 Å². The smallest absolute Gasteiger partial charge is 0.256 e. The van der Waals surface area contributed by atoms with E-state index in [1.807, 2.05) is 16.8 Å². The zero-order valence-corrected chi connectivity index (χ0v) is 14.1. The van der Waals surface area contributed by atoms with E-state index >= 15 is 0 Å². The van der Waals surface area contributed by atoms with Gasteiger partial charge in [0, 0.05) is 16.3 Å². The minimum atomic E-state index is -0.310. The number of rotatable bonds is 4. The maximum atomic E-state index is 13.1. The van der Waals surface area contributed by atoms with Crippen LogP contribution in [0.15, 0.2) is 65.4 Å². The Bertz CT molecular complexity index is 855. The summed E-state index contributed by atoms with van der Waals surface area (Å²) in [6, 6.07) is 14.8. The molecule has 120 valence electrons. The molecule has 0 aliphatic rings. The molecule has 0 spiro atoms. The van der Waals surface area contributed by atoms with Crippen LogP contribution >= 0.6 is 22.9 Å². The van der Waals surface area contributed by atoms with Gasteiger partial charge in [0.1, 0.15) is 5.82 Å². The molecule has 0 fully saturated rings. The Hall–Kier alpha value is -2.43. The minimum Gasteiger partial charge on any atom is -0.322 e. The summed E-state index contributed by atoms with van der Waals surface area (Å²) in [5.74, 6) is -0.546. The normalized spacial score (nSPS) is 11.3. The first kappa shape index (κ1) is 16.4. The van der Waals surface area contributed by atoms with Crippen LogP contribution < -0.4 is 5.32 Å². The number of amides is 1. The van der Waals surface area contributed by atoms with Gasteiger partial charge in [0.25, 0.3) is 5.91 Å². The molecule has 1 heterocycles. The fraction of sp³-hybridized carbons (Fsp3) is 0. The molecule has 0 unspecified atom stereocenters. The van der Waals surface area contributed by atoms with E-state index in [9.17, 15) is 9.18 Å². The minimum absolute atomic E-state index is 0.236. The van der Waals surface area contributed by atoms with E-state index in [1.54, 1.807) is 42.5 Å². The van der Waals surface area contributed by atoms with Crippen molar-refractivity contribution >= 4 is 46.2 Å². The Labute approximate surface area is 148 Å². The Morgan fingerprint density at radius 3 is 2.38 bits per heavy atom. The first-order chi connectivity index (χ1) is 11.6. The van der Waals surface area contributed by atoms with Crippen molar-refractivity contribution < 1.29 is 9.18 Å². The lowest BCUT2D eigenvalue weighted by atomic mass is 10.0. The lowest BCUT2D eigenvalue weighted by molar-refractivity contribution is -0.111. The number of carbonyl (C=O) groups is 1. The molecule has 2 nitrogen and oxygen atoms in total. The second-order valence-electron chi connectivity index (χ2n) is 5.08. The summed E-state index contributed by atoms with van der Waals surface area (Å²) in [6.45, 7) is 0. The van der Waals surface area contributed by atoms with Crippen molar-refractivity contribution in [1.29, 1.82) is 0 Å². The molecule has 0 atom stereocenters. The topological polar surface area (TPSA) is 29.1 Å². The van der Waals surface area contributed by atoms with Crippen molar-refractivity contribution in [2.45, 2.75) is 0 Å². The number of benzene rings is 2. The summed E-state index contributed by atoms with van der Waals surface area (Å²) in [5.41, 5.74) is 2.74. The largest absolute Gasteiger partial charge is 0.322 e. The molecule has 3 rings (SSSR count). The molecule has 24 heavy (non-hydrogen) atoms. The van der Waals surface area contributed by atoms with Gasteiger partial charge in [0.2, 0.25) is 0 Å². The molecular formula is C19H13ClFNOS. The van der Waals surface area contributed by atoms with Crippen LogP contribution in [0.3, 0.4) is 0 Å². The summed E-state index contributed by atoms with van der Waals surface area (Å²) in [6.07, 6.45) is 1.74. The fourth-order valence-electron chi connectivity index (χ4n) is 2.16. The molecular weight excluding hydrogens is 345 g/mol. The molecule has 1 aromatic heterocycles. The van der Waals surface area contributed by atoms with Gasteiger partial charge >= 0.3 is 0 Å². The zero-order valence-electron chi connectivity index (χ0n) is 12.5. The lowest BCUT2D eigenvalue weighted by Gasteiger charge is -2.08. The van der Waals surface area contributed by atoms with Crippen molar-refractivity contribution in [2.24, 2.45) is 0 Å². The highest BCUT2D eigenvalue weighted by Crippen LogP contribution is 2.23. The van der Waals surface area contributed by atoms with Gasteiger partial charge < -0.3 is 5.32 Å². The van der Waals surface area contributed by atoms with Gasteiger partial charge in [-0.3, -0.25) is 4.79 Å². The highest BCUT2D eigenvalue weighted by Gasteiger charge is 2.13. The van der Waals surface area contributed by atoms with Crippen molar-refractivity contribution in [3.8, 4) is 0 Å². The van der Waals surface area contributed by atoms with Crippen LogP contribution in [0.25, 0.3) is 11.6 Å². The van der Waals surface area contributed by atoms with Gasteiger partial charge in [-0.2, -0.15) is 11.3 Å². The summed E-state index contributed by atoms with van der Waals surface area (Å²) in [5, 5.41) is 7.26. The zero-order chi connectivity index (χ0) is 16.9. The number of hydrogen-bond acceptors (Lipinski definition) is 2. The third-order valence-electron chi connectivity index (χ3n) is 3.36. The molecule has 1 amide bonds. The molecule has 3 aromatic rings. The number of nitrogens with one attached hydrogen (secondary N) is 1. The summed E-state index contributed by atoms with van der Waals surface area (Å²) >= 11 is 7.37. The van der Waals surface area contributed by atoms with Gasteiger partial charge in [-0.25, -0.2) is 4.39 Å². The van der Waals surface area contributed by atoms with Gasteiger partial charge in [-0.15, -0.1) is 0 Å². The monoisotopic (exact) mass is 357 g/mol. The molecule has 0 saturated heterocycles. The van der Waals surface area contributed by atoms with Crippen LogP contribution in [0, 0.1) is 5.82 Å². The quantitative estimate of drug-likeness (QED) is 0.594. The second-order valence-corrected chi connectivity index (χ2v) is 6.30. The predicted molar refractivity (Wildman–Crippen MR) is 98.7 cm³/mol. The Morgan fingerprint density at radius 1 is 1.04 bits per heavy atom. The van der Waals surface area contributed by atoms with E-state index in [0.29, 0.717) is 16.3 Å². The van der Waals surface area contributed by atoms with Crippen molar-refractivity contribution in [2.75, 3.05) is 5.32 Å². The van der Waals surface area contributed by atoms with Crippen molar-refractivity contribution in [3.63, 3.8) is 0 Å². The van der Waals surface area contributed by atoms with E-state index in [1.165, 1.54) is 23.5 Å². The van der Waals surface area contributed by atoms with Crippen LogP contribution in [0.4, 0.5) is 10.1 Å². The summed E-state index contributed by atoms with van der Waals surface area (Å²) < 4.78 is 13.1. The van der Waals surface area contributed by atoms with Gasteiger partial charge in [0.05, 0.1) is 0 Å². The van der Waals surface area contributed by atoms with Crippen LogP contribution in [-0.2, 0) is 4.79 Å². The first-order valence-electron chi connectivity index (χ1n) is 7.18. The van der Waals surface area contributed by atoms with E-state index < -0.39 is 0 Å². The fourth-order valence-corrected chi connectivity index (χ4v) is 2.94. The molecule has 0 bridgehead atoms.